The van der Waals surface area contributed by atoms with Crippen molar-refractivity contribution in [1.29, 1.82) is 0 Å². The number of carbonyl (C=O) groups excluding carboxylic acids is 1. The van der Waals surface area contributed by atoms with Gasteiger partial charge in [-0.1, -0.05) is 18.2 Å². The van der Waals surface area contributed by atoms with Gasteiger partial charge in [-0.05, 0) is 38.7 Å². The number of nitrogens with zero attached hydrogens (tertiary/aromatic N) is 1. The van der Waals surface area contributed by atoms with E-state index in [1.165, 1.54) is 12.8 Å². The Balaban J connectivity index is 1.94. The topological polar surface area (TPSA) is 33.5 Å². The van der Waals surface area contributed by atoms with Gasteiger partial charge in [0.1, 0.15) is 5.58 Å². The second-order valence-electron chi connectivity index (χ2n) is 5.55. The van der Waals surface area contributed by atoms with Gasteiger partial charge < -0.3 is 9.32 Å². The molecule has 1 aromatic carbocycles. The molecule has 1 saturated carbocycles. The molecule has 3 heteroatoms. The number of hydrogen-bond donors (Lipinski definition) is 0. The van der Waals surface area contributed by atoms with Crippen LogP contribution in [0.2, 0.25) is 0 Å². The molecular formula is C16H19NO2. The zero-order chi connectivity index (χ0) is 13.6. The lowest BCUT2D eigenvalue weighted by Crippen LogP contribution is -2.36. The molecule has 1 aliphatic carbocycles. The van der Waals surface area contributed by atoms with Gasteiger partial charge in [0.25, 0.3) is 5.91 Å². The normalized spacial score (nSPS) is 16.6. The zero-order valence-corrected chi connectivity index (χ0v) is 11.6. The van der Waals surface area contributed by atoms with Gasteiger partial charge in [0.2, 0.25) is 0 Å². The highest BCUT2D eigenvalue weighted by Crippen LogP contribution is 2.35. The van der Waals surface area contributed by atoms with Crippen molar-refractivity contribution in [2.24, 2.45) is 5.92 Å². The Morgan fingerprint density at radius 3 is 2.68 bits per heavy atom. The van der Waals surface area contributed by atoms with Crippen molar-refractivity contribution >= 4 is 16.9 Å². The van der Waals surface area contributed by atoms with Gasteiger partial charge in [0.15, 0.2) is 5.76 Å². The van der Waals surface area contributed by atoms with Crippen LogP contribution in [0, 0.1) is 12.8 Å². The molecule has 0 bridgehead atoms. The maximum atomic E-state index is 12.5. The van der Waals surface area contributed by atoms with Crippen LogP contribution in [-0.2, 0) is 0 Å². The molecule has 3 rings (SSSR count). The van der Waals surface area contributed by atoms with Crippen molar-refractivity contribution in [3.05, 3.63) is 35.6 Å². The third kappa shape index (κ3) is 2.03. The summed E-state index contributed by atoms with van der Waals surface area (Å²) in [6.45, 7) is 4.07. The lowest BCUT2D eigenvalue weighted by molar-refractivity contribution is 0.0696. The number of rotatable bonds is 3. The van der Waals surface area contributed by atoms with Crippen LogP contribution in [0.5, 0.6) is 0 Å². The standard InChI is InChI=1S/C16H19NO2/c1-10-13-6-4-5-7-14(13)19-15(10)16(18)17(3)11(2)12-8-9-12/h4-7,11-12H,8-9H2,1-3H3. The largest absolute Gasteiger partial charge is 0.451 e. The second-order valence-corrected chi connectivity index (χ2v) is 5.55. The number of para-hydroxylation sites is 1. The van der Waals surface area contributed by atoms with Crippen molar-refractivity contribution < 1.29 is 9.21 Å². The molecule has 1 heterocycles. The number of fused-ring (bicyclic) bond motifs is 1. The minimum Gasteiger partial charge on any atom is -0.451 e. The molecule has 1 unspecified atom stereocenters. The summed E-state index contributed by atoms with van der Waals surface area (Å²) < 4.78 is 5.74. The Bertz CT molecular complexity index is 625. The van der Waals surface area contributed by atoms with Crippen LogP contribution in [0.1, 0.15) is 35.9 Å². The first-order chi connectivity index (χ1) is 9.09. The van der Waals surface area contributed by atoms with Gasteiger partial charge >= 0.3 is 0 Å². The fourth-order valence-corrected chi connectivity index (χ4v) is 2.62. The van der Waals surface area contributed by atoms with E-state index in [0.717, 1.165) is 16.5 Å². The summed E-state index contributed by atoms with van der Waals surface area (Å²) in [6, 6.07) is 8.09. The lowest BCUT2D eigenvalue weighted by atomic mass is 10.1. The van der Waals surface area contributed by atoms with E-state index >= 15 is 0 Å². The summed E-state index contributed by atoms with van der Waals surface area (Å²) in [6.07, 6.45) is 2.47. The molecule has 2 aromatic rings. The van der Waals surface area contributed by atoms with Gasteiger partial charge in [-0.25, -0.2) is 0 Å². The van der Waals surface area contributed by atoms with Crippen molar-refractivity contribution in [2.45, 2.75) is 32.7 Å². The molecule has 1 fully saturated rings. The monoisotopic (exact) mass is 257 g/mol. The number of hydrogen-bond acceptors (Lipinski definition) is 2. The van der Waals surface area contributed by atoms with Crippen molar-refractivity contribution in [2.75, 3.05) is 7.05 Å². The average Bonchev–Trinajstić information content (AvgIpc) is 3.22. The minimum absolute atomic E-state index is 0.00639. The van der Waals surface area contributed by atoms with Gasteiger partial charge in [0, 0.05) is 24.0 Å². The molecule has 1 atom stereocenters. The highest BCUT2D eigenvalue weighted by molar-refractivity contribution is 5.98. The van der Waals surface area contributed by atoms with E-state index in [-0.39, 0.29) is 5.91 Å². The molecule has 0 aliphatic heterocycles. The van der Waals surface area contributed by atoms with Gasteiger partial charge in [-0.2, -0.15) is 0 Å². The SMILES string of the molecule is Cc1c(C(=O)N(C)C(C)C2CC2)oc2ccccc12. The lowest BCUT2D eigenvalue weighted by Gasteiger charge is -2.24. The van der Waals surface area contributed by atoms with Crippen molar-refractivity contribution in [3.8, 4) is 0 Å². The van der Waals surface area contributed by atoms with Crippen molar-refractivity contribution in [3.63, 3.8) is 0 Å². The van der Waals surface area contributed by atoms with E-state index in [1.807, 2.05) is 43.1 Å². The smallest absolute Gasteiger partial charge is 0.289 e. The minimum atomic E-state index is -0.00639. The molecule has 1 aliphatic rings. The zero-order valence-electron chi connectivity index (χ0n) is 11.6. The average molecular weight is 257 g/mol. The van der Waals surface area contributed by atoms with Gasteiger partial charge in [-0.3, -0.25) is 4.79 Å². The molecule has 1 aromatic heterocycles. The number of furan rings is 1. The third-order valence-corrected chi connectivity index (χ3v) is 4.27. The highest BCUT2D eigenvalue weighted by Gasteiger charge is 2.34. The summed E-state index contributed by atoms with van der Waals surface area (Å²) in [5, 5.41) is 1.03. The second kappa shape index (κ2) is 4.41. The molecule has 0 radical (unpaired) electrons. The first kappa shape index (κ1) is 12.3. The number of aryl methyl sites for hydroxylation is 1. The van der Waals surface area contributed by atoms with E-state index in [9.17, 15) is 4.79 Å². The molecule has 0 spiro atoms. The van der Waals surface area contributed by atoms with Crippen LogP contribution in [0.25, 0.3) is 11.0 Å². The molecule has 1 amide bonds. The van der Waals surface area contributed by atoms with Crippen LogP contribution in [0.4, 0.5) is 0 Å². The molecule has 0 saturated heterocycles. The Kier molecular flexibility index (Phi) is 2.85. The molecule has 100 valence electrons. The van der Waals surface area contributed by atoms with Crippen LogP contribution in [0.3, 0.4) is 0 Å². The molecule has 0 N–H and O–H groups in total. The highest BCUT2D eigenvalue weighted by atomic mass is 16.3. The van der Waals surface area contributed by atoms with Crippen LogP contribution in [0.15, 0.2) is 28.7 Å². The molecular weight excluding hydrogens is 238 g/mol. The predicted molar refractivity (Wildman–Crippen MR) is 75.2 cm³/mol. The number of benzene rings is 1. The summed E-state index contributed by atoms with van der Waals surface area (Å²) >= 11 is 0. The van der Waals surface area contributed by atoms with E-state index in [1.54, 1.807) is 0 Å². The first-order valence-electron chi connectivity index (χ1n) is 6.85. The van der Waals surface area contributed by atoms with Crippen molar-refractivity contribution in [1.82, 2.24) is 4.90 Å². The Morgan fingerprint density at radius 2 is 2.05 bits per heavy atom. The summed E-state index contributed by atoms with van der Waals surface area (Å²) in [4.78, 5) is 14.4. The van der Waals surface area contributed by atoms with E-state index in [4.69, 9.17) is 4.42 Å². The Hall–Kier alpha value is -1.77. The van der Waals surface area contributed by atoms with Crippen LogP contribution >= 0.6 is 0 Å². The molecule has 19 heavy (non-hydrogen) atoms. The number of carbonyl (C=O) groups is 1. The summed E-state index contributed by atoms with van der Waals surface area (Å²) in [5.41, 5.74) is 1.73. The summed E-state index contributed by atoms with van der Waals surface area (Å²) in [5.74, 6) is 1.14. The fraction of sp³-hybridized carbons (Fsp3) is 0.438. The number of amides is 1. The van der Waals surface area contributed by atoms with Crippen LogP contribution in [-0.4, -0.2) is 23.9 Å². The maximum absolute atomic E-state index is 12.5. The van der Waals surface area contributed by atoms with Crippen LogP contribution < -0.4 is 0 Å². The Labute approximate surface area is 113 Å². The molecule has 3 nitrogen and oxygen atoms in total. The first-order valence-corrected chi connectivity index (χ1v) is 6.85. The van der Waals surface area contributed by atoms with E-state index in [2.05, 4.69) is 6.92 Å². The van der Waals surface area contributed by atoms with Gasteiger partial charge in [-0.15, -0.1) is 0 Å². The Morgan fingerprint density at radius 1 is 1.37 bits per heavy atom. The van der Waals surface area contributed by atoms with E-state index in [0.29, 0.717) is 17.7 Å². The maximum Gasteiger partial charge on any atom is 0.289 e. The van der Waals surface area contributed by atoms with Gasteiger partial charge in [0.05, 0.1) is 0 Å². The van der Waals surface area contributed by atoms with E-state index < -0.39 is 0 Å². The quantitative estimate of drug-likeness (QED) is 0.841. The third-order valence-electron chi connectivity index (χ3n) is 4.27. The fourth-order valence-electron chi connectivity index (χ4n) is 2.62. The summed E-state index contributed by atoms with van der Waals surface area (Å²) in [7, 11) is 1.87. The predicted octanol–water partition coefficient (Wildman–Crippen LogP) is 3.61.